The maximum absolute atomic E-state index is 10.4. The summed E-state index contributed by atoms with van der Waals surface area (Å²) < 4.78 is 4.24. The molecule has 1 aromatic heterocycles. The molecular formula is C15H18N2O2. The first-order valence-electron chi connectivity index (χ1n) is 6.46. The van der Waals surface area contributed by atoms with Gasteiger partial charge in [0, 0.05) is 12.9 Å². The Labute approximate surface area is 112 Å². The number of hydrogen-bond acceptors (Lipinski definition) is 2. The lowest BCUT2D eigenvalue weighted by atomic mass is 10.2. The second kappa shape index (κ2) is 6.18. The van der Waals surface area contributed by atoms with Crippen molar-refractivity contribution in [1.29, 1.82) is 0 Å². The van der Waals surface area contributed by atoms with Gasteiger partial charge in [-0.3, -0.25) is 0 Å². The van der Waals surface area contributed by atoms with Crippen LogP contribution in [0.25, 0.3) is 0 Å². The smallest absolute Gasteiger partial charge is 0.253 e. The van der Waals surface area contributed by atoms with Crippen LogP contribution in [0.5, 0.6) is 0 Å². The molecule has 0 saturated heterocycles. The Kier molecular flexibility index (Phi) is 4.34. The number of aliphatic carboxylic acids is 1. The van der Waals surface area contributed by atoms with Crippen LogP contribution in [-0.2, 0) is 17.9 Å². The molecular weight excluding hydrogens is 240 g/mol. The number of benzene rings is 1. The van der Waals surface area contributed by atoms with Crippen molar-refractivity contribution in [2.45, 2.75) is 32.9 Å². The summed E-state index contributed by atoms with van der Waals surface area (Å²) in [6.45, 7) is 3.59. The fourth-order valence-electron chi connectivity index (χ4n) is 2.12. The van der Waals surface area contributed by atoms with E-state index in [-0.39, 0.29) is 6.42 Å². The van der Waals surface area contributed by atoms with Crippen LogP contribution < -0.4 is 9.67 Å². The van der Waals surface area contributed by atoms with Crippen molar-refractivity contribution < 1.29 is 14.5 Å². The molecule has 0 atom stereocenters. The van der Waals surface area contributed by atoms with Gasteiger partial charge in [0.15, 0.2) is 0 Å². The summed E-state index contributed by atoms with van der Waals surface area (Å²) in [7, 11) is 0. The quantitative estimate of drug-likeness (QED) is 0.715. The molecule has 2 rings (SSSR count). The summed E-state index contributed by atoms with van der Waals surface area (Å²) >= 11 is 0. The van der Waals surface area contributed by atoms with E-state index in [1.807, 2.05) is 37.5 Å². The van der Waals surface area contributed by atoms with Crippen LogP contribution in [0.4, 0.5) is 0 Å². The van der Waals surface area contributed by atoms with E-state index in [4.69, 9.17) is 0 Å². The van der Waals surface area contributed by atoms with Crippen molar-refractivity contribution >= 4 is 5.97 Å². The number of carbonyl (C=O) groups excluding carboxylic acids is 1. The summed E-state index contributed by atoms with van der Waals surface area (Å²) in [5.74, 6) is 0.143. The molecule has 2 aromatic rings. The predicted molar refractivity (Wildman–Crippen MR) is 69.1 cm³/mol. The molecule has 0 radical (unpaired) electrons. The van der Waals surface area contributed by atoms with Gasteiger partial charge in [-0.25, -0.2) is 9.13 Å². The maximum Gasteiger partial charge on any atom is 0.253 e. The molecule has 0 saturated carbocycles. The summed E-state index contributed by atoms with van der Waals surface area (Å²) in [6.07, 6.45) is 4.73. The second-order valence-corrected chi connectivity index (χ2v) is 4.63. The minimum absolute atomic E-state index is 0.107. The Morgan fingerprint density at radius 3 is 2.74 bits per heavy atom. The van der Waals surface area contributed by atoms with Crippen molar-refractivity contribution in [2.24, 2.45) is 0 Å². The highest BCUT2D eigenvalue weighted by molar-refractivity contribution is 5.64. The van der Waals surface area contributed by atoms with Gasteiger partial charge in [0.05, 0.1) is 6.54 Å². The molecule has 4 heteroatoms. The van der Waals surface area contributed by atoms with Gasteiger partial charge in [0.25, 0.3) is 5.82 Å². The molecule has 0 spiro atoms. The Bertz CT molecular complexity index is 547. The Morgan fingerprint density at radius 1 is 1.32 bits per heavy atom. The third kappa shape index (κ3) is 3.68. The van der Waals surface area contributed by atoms with Gasteiger partial charge in [0.1, 0.15) is 18.9 Å². The number of nitrogens with zero attached hydrogens (tertiary/aromatic N) is 2. The summed E-state index contributed by atoms with van der Waals surface area (Å²) in [6, 6.07) is 10.3. The van der Waals surface area contributed by atoms with E-state index in [1.54, 1.807) is 0 Å². The molecule has 0 bridgehead atoms. The molecule has 0 fully saturated rings. The van der Waals surface area contributed by atoms with Gasteiger partial charge in [-0.2, -0.15) is 0 Å². The average Bonchev–Trinajstić information content (AvgIpc) is 2.72. The molecule has 1 heterocycles. The monoisotopic (exact) mass is 258 g/mol. The number of aromatic nitrogens is 2. The van der Waals surface area contributed by atoms with E-state index < -0.39 is 5.97 Å². The van der Waals surface area contributed by atoms with E-state index >= 15 is 0 Å². The Hall–Kier alpha value is -2.10. The maximum atomic E-state index is 10.4. The first-order chi connectivity index (χ1) is 9.16. The van der Waals surface area contributed by atoms with Gasteiger partial charge in [-0.05, 0) is 18.4 Å². The lowest BCUT2D eigenvalue weighted by Crippen LogP contribution is -2.36. The van der Waals surface area contributed by atoms with Crippen molar-refractivity contribution in [2.75, 3.05) is 0 Å². The third-order valence-corrected chi connectivity index (χ3v) is 3.23. The van der Waals surface area contributed by atoms with E-state index in [0.29, 0.717) is 13.0 Å². The minimum Gasteiger partial charge on any atom is -0.550 e. The van der Waals surface area contributed by atoms with Gasteiger partial charge >= 0.3 is 0 Å². The SMILES string of the molecule is Cc1n(CCCC(=O)[O-])cc[n+]1Cc1ccccc1. The van der Waals surface area contributed by atoms with Crippen LogP contribution in [0.2, 0.25) is 0 Å². The molecule has 0 amide bonds. The highest BCUT2D eigenvalue weighted by Crippen LogP contribution is 2.02. The van der Waals surface area contributed by atoms with E-state index in [2.05, 4.69) is 21.3 Å². The van der Waals surface area contributed by atoms with Crippen LogP contribution >= 0.6 is 0 Å². The van der Waals surface area contributed by atoms with Crippen LogP contribution in [0, 0.1) is 6.92 Å². The minimum atomic E-state index is -0.984. The highest BCUT2D eigenvalue weighted by Gasteiger charge is 2.11. The number of rotatable bonds is 6. The second-order valence-electron chi connectivity index (χ2n) is 4.63. The van der Waals surface area contributed by atoms with Crippen LogP contribution in [0.1, 0.15) is 24.2 Å². The lowest BCUT2D eigenvalue weighted by Gasteiger charge is -2.02. The summed E-state index contributed by atoms with van der Waals surface area (Å²) in [5, 5.41) is 10.4. The van der Waals surface area contributed by atoms with Gasteiger partial charge < -0.3 is 9.90 Å². The zero-order chi connectivity index (χ0) is 13.7. The fourth-order valence-corrected chi connectivity index (χ4v) is 2.12. The van der Waals surface area contributed by atoms with E-state index in [0.717, 1.165) is 12.4 Å². The van der Waals surface area contributed by atoms with E-state index in [9.17, 15) is 9.90 Å². The molecule has 0 aliphatic rings. The molecule has 100 valence electrons. The predicted octanol–water partition coefficient (Wildman–Crippen LogP) is 0.662. The molecule has 0 aliphatic carbocycles. The standard InChI is InChI=1S/C15H18N2O2/c1-13-16(9-5-8-15(18)19)10-11-17(13)12-14-6-3-2-4-7-14/h2-4,6-7,10-11H,5,8-9,12H2,1H3. The highest BCUT2D eigenvalue weighted by atomic mass is 16.4. The topological polar surface area (TPSA) is 48.9 Å². The van der Waals surface area contributed by atoms with Gasteiger partial charge in [0.2, 0.25) is 0 Å². The lowest BCUT2D eigenvalue weighted by molar-refractivity contribution is -0.694. The van der Waals surface area contributed by atoms with Gasteiger partial charge in [-0.1, -0.05) is 30.3 Å². The zero-order valence-electron chi connectivity index (χ0n) is 11.1. The van der Waals surface area contributed by atoms with Gasteiger partial charge in [-0.15, -0.1) is 0 Å². The van der Waals surface area contributed by atoms with Crippen molar-refractivity contribution in [1.82, 2.24) is 4.57 Å². The van der Waals surface area contributed by atoms with Crippen molar-refractivity contribution in [3.63, 3.8) is 0 Å². The third-order valence-electron chi connectivity index (χ3n) is 3.23. The first-order valence-corrected chi connectivity index (χ1v) is 6.46. The molecule has 19 heavy (non-hydrogen) atoms. The van der Waals surface area contributed by atoms with E-state index in [1.165, 1.54) is 5.56 Å². The van der Waals surface area contributed by atoms with Crippen LogP contribution in [0.15, 0.2) is 42.7 Å². The molecule has 0 N–H and O–H groups in total. The number of hydrogen-bond donors (Lipinski definition) is 0. The zero-order valence-corrected chi connectivity index (χ0v) is 11.1. The number of imidazole rings is 1. The number of carboxylic acid groups (broad SMARTS) is 1. The Morgan fingerprint density at radius 2 is 2.05 bits per heavy atom. The molecule has 0 aliphatic heterocycles. The fraction of sp³-hybridized carbons (Fsp3) is 0.333. The summed E-state index contributed by atoms with van der Waals surface area (Å²) in [4.78, 5) is 10.4. The normalized spacial score (nSPS) is 10.6. The van der Waals surface area contributed by atoms with Crippen molar-refractivity contribution in [3.05, 3.63) is 54.1 Å². The molecule has 0 unspecified atom stereocenters. The molecule has 4 nitrogen and oxygen atoms in total. The van der Waals surface area contributed by atoms with Crippen molar-refractivity contribution in [3.8, 4) is 0 Å². The number of carboxylic acids is 1. The first kappa shape index (κ1) is 13.3. The number of aryl methyl sites for hydroxylation is 1. The summed E-state index contributed by atoms with van der Waals surface area (Å²) in [5.41, 5.74) is 1.25. The number of carbonyl (C=O) groups is 1. The Balaban J connectivity index is 2.00. The largest absolute Gasteiger partial charge is 0.550 e. The van der Waals surface area contributed by atoms with Crippen LogP contribution in [0.3, 0.4) is 0 Å². The average molecular weight is 258 g/mol. The van der Waals surface area contributed by atoms with Crippen LogP contribution in [-0.4, -0.2) is 10.5 Å². The molecule has 1 aromatic carbocycles.